The first kappa shape index (κ1) is 78.6. The number of allylic oxidation sites excluding steroid dienone is 14. The van der Waals surface area contributed by atoms with Crippen molar-refractivity contribution in [2.24, 2.45) is 0 Å². The van der Waals surface area contributed by atoms with E-state index in [1.807, 2.05) is 0 Å². The van der Waals surface area contributed by atoms with Crippen molar-refractivity contribution in [3.05, 3.63) is 85.1 Å². The van der Waals surface area contributed by atoms with Gasteiger partial charge in [0.1, 0.15) is 13.2 Å². The van der Waals surface area contributed by atoms with Gasteiger partial charge in [0.25, 0.3) is 0 Å². The molecule has 0 fully saturated rings. The Bertz CT molecular complexity index is 1550. The van der Waals surface area contributed by atoms with E-state index in [1.165, 1.54) is 212 Å². The van der Waals surface area contributed by atoms with E-state index in [2.05, 4.69) is 106 Å². The smallest absolute Gasteiger partial charge is 0.306 e. The summed E-state index contributed by atoms with van der Waals surface area (Å²) >= 11 is 0. The Morgan fingerprint density at radius 1 is 0.256 bits per heavy atom. The van der Waals surface area contributed by atoms with Crippen LogP contribution in [0.4, 0.5) is 0 Å². The van der Waals surface area contributed by atoms with Gasteiger partial charge in [-0.2, -0.15) is 0 Å². The molecule has 474 valence electrons. The maximum absolute atomic E-state index is 13.0. The first-order chi connectivity index (χ1) is 40.5. The van der Waals surface area contributed by atoms with Crippen molar-refractivity contribution in [1.82, 2.24) is 0 Å². The molecule has 1 unspecified atom stereocenters. The predicted octanol–water partition coefficient (Wildman–Crippen LogP) is 24.6. The predicted molar refractivity (Wildman–Crippen MR) is 358 cm³/mol. The van der Waals surface area contributed by atoms with Crippen molar-refractivity contribution in [3.63, 3.8) is 0 Å². The molecule has 0 saturated carbocycles. The van der Waals surface area contributed by atoms with E-state index >= 15 is 0 Å². The number of rotatable bonds is 65. The van der Waals surface area contributed by atoms with Crippen molar-refractivity contribution in [2.75, 3.05) is 13.2 Å². The molecule has 0 aliphatic carbocycles. The zero-order chi connectivity index (χ0) is 59.2. The van der Waals surface area contributed by atoms with Gasteiger partial charge in [0.15, 0.2) is 6.10 Å². The first-order valence-electron chi connectivity index (χ1n) is 35.6. The van der Waals surface area contributed by atoms with Crippen LogP contribution in [-0.2, 0) is 28.6 Å². The fourth-order valence-electron chi connectivity index (χ4n) is 10.4. The molecule has 0 N–H and O–H groups in total. The lowest BCUT2D eigenvalue weighted by Crippen LogP contribution is -2.30. The monoisotopic (exact) mass is 1140 g/mol. The first-order valence-corrected chi connectivity index (χ1v) is 35.6. The van der Waals surface area contributed by atoms with E-state index in [9.17, 15) is 14.4 Å². The molecule has 0 aromatic carbocycles. The van der Waals surface area contributed by atoms with Crippen molar-refractivity contribution in [2.45, 2.75) is 367 Å². The van der Waals surface area contributed by atoms with Gasteiger partial charge < -0.3 is 14.2 Å². The zero-order valence-corrected chi connectivity index (χ0v) is 54.5. The average molecular weight is 1140 g/mol. The van der Waals surface area contributed by atoms with Crippen LogP contribution in [0.15, 0.2) is 85.1 Å². The van der Waals surface area contributed by atoms with Gasteiger partial charge in [0, 0.05) is 19.3 Å². The second-order valence-corrected chi connectivity index (χ2v) is 23.7. The molecule has 0 aromatic rings. The molecular weight excluding hydrogens is 1010 g/mol. The highest BCUT2D eigenvalue weighted by molar-refractivity contribution is 5.71. The van der Waals surface area contributed by atoms with Crippen LogP contribution in [0.5, 0.6) is 0 Å². The SMILES string of the molecule is CC/C=C\C/C=C\C/C=C\C/C=C\CCCCCCCCCCCCCCCCCCC(=O)OCC(COC(=O)CCCCCCCCC/C=C\C/C=C\C/C=C\CC)OC(=O)CCCCCCCCCCCCCCCCCCCC. The number of carbonyl (C=O) groups is 3. The van der Waals surface area contributed by atoms with Crippen LogP contribution in [0.2, 0.25) is 0 Å². The molecule has 82 heavy (non-hydrogen) atoms. The largest absolute Gasteiger partial charge is 0.462 e. The molecule has 0 rings (SSSR count). The Balaban J connectivity index is 4.26. The van der Waals surface area contributed by atoms with E-state index in [-0.39, 0.29) is 31.1 Å². The van der Waals surface area contributed by atoms with Crippen LogP contribution >= 0.6 is 0 Å². The number of hydrogen-bond donors (Lipinski definition) is 0. The van der Waals surface area contributed by atoms with Crippen molar-refractivity contribution in [1.29, 1.82) is 0 Å². The van der Waals surface area contributed by atoms with Crippen LogP contribution in [0.3, 0.4) is 0 Å². The number of esters is 3. The molecule has 0 bridgehead atoms. The van der Waals surface area contributed by atoms with Gasteiger partial charge in [-0.3, -0.25) is 14.4 Å². The molecule has 0 aliphatic heterocycles. The van der Waals surface area contributed by atoms with Crippen molar-refractivity contribution >= 4 is 17.9 Å². The molecule has 0 amide bonds. The summed E-state index contributed by atoms with van der Waals surface area (Å²) < 4.78 is 17.0. The summed E-state index contributed by atoms with van der Waals surface area (Å²) in [5.74, 6) is -0.862. The van der Waals surface area contributed by atoms with Crippen LogP contribution in [0.25, 0.3) is 0 Å². The Kier molecular flexibility index (Phi) is 67.2. The Labute approximate surface area is 509 Å². The minimum atomic E-state index is -0.780. The van der Waals surface area contributed by atoms with Gasteiger partial charge in [-0.1, -0.05) is 337 Å². The van der Waals surface area contributed by atoms with Crippen LogP contribution in [-0.4, -0.2) is 37.2 Å². The van der Waals surface area contributed by atoms with Gasteiger partial charge in [-0.05, 0) is 89.9 Å². The summed E-state index contributed by atoms with van der Waals surface area (Å²) in [6, 6.07) is 0. The fraction of sp³-hybridized carbons (Fsp3) is 0.776. The third-order valence-electron chi connectivity index (χ3n) is 15.6. The van der Waals surface area contributed by atoms with E-state index in [0.29, 0.717) is 19.3 Å². The molecule has 6 heteroatoms. The van der Waals surface area contributed by atoms with Crippen LogP contribution in [0, 0.1) is 0 Å². The molecular formula is C76H134O6. The summed E-state index contributed by atoms with van der Waals surface area (Å²) in [5, 5.41) is 0. The van der Waals surface area contributed by atoms with Crippen LogP contribution < -0.4 is 0 Å². The van der Waals surface area contributed by atoms with E-state index in [0.717, 1.165) is 109 Å². The molecule has 0 spiro atoms. The summed E-state index contributed by atoms with van der Waals surface area (Å²) in [7, 11) is 0. The Morgan fingerprint density at radius 3 is 0.744 bits per heavy atom. The molecule has 0 aromatic heterocycles. The van der Waals surface area contributed by atoms with Crippen molar-refractivity contribution < 1.29 is 28.6 Å². The van der Waals surface area contributed by atoms with Crippen molar-refractivity contribution in [3.8, 4) is 0 Å². The molecule has 0 heterocycles. The second-order valence-electron chi connectivity index (χ2n) is 23.7. The fourth-order valence-corrected chi connectivity index (χ4v) is 10.4. The van der Waals surface area contributed by atoms with E-state index in [4.69, 9.17) is 14.2 Å². The Hall–Kier alpha value is -3.41. The van der Waals surface area contributed by atoms with Gasteiger partial charge >= 0.3 is 17.9 Å². The maximum atomic E-state index is 13.0. The number of hydrogen-bond acceptors (Lipinski definition) is 6. The molecule has 6 nitrogen and oxygen atoms in total. The minimum absolute atomic E-state index is 0.0749. The Morgan fingerprint density at radius 2 is 0.476 bits per heavy atom. The van der Waals surface area contributed by atoms with Gasteiger partial charge in [-0.15, -0.1) is 0 Å². The maximum Gasteiger partial charge on any atom is 0.306 e. The minimum Gasteiger partial charge on any atom is -0.462 e. The third-order valence-corrected chi connectivity index (χ3v) is 15.6. The van der Waals surface area contributed by atoms with E-state index in [1.54, 1.807) is 0 Å². The number of ether oxygens (including phenoxy) is 3. The topological polar surface area (TPSA) is 78.9 Å². The van der Waals surface area contributed by atoms with E-state index < -0.39 is 6.10 Å². The third kappa shape index (κ3) is 67.4. The van der Waals surface area contributed by atoms with Crippen LogP contribution in [0.1, 0.15) is 361 Å². The summed E-state index contributed by atoms with van der Waals surface area (Å²) in [5.41, 5.74) is 0. The standard InChI is InChI=1S/C76H134O6/c1-4-7-10-13-16-19-22-25-28-31-33-34-35-36-37-38-39-40-41-42-43-46-48-51-54-57-60-63-66-69-75(78)81-72-73(71-80-74(77)68-65-62-59-56-53-50-47-44-30-27-24-21-18-15-12-9-6-3)82-76(79)70-67-64-61-58-55-52-49-45-32-29-26-23-20-17-14-11-8-5-2/h7,9-10,12,16,18-19,21,25,27-28,30,33-34,73H,4-6,8,11,13-15,17,20,22-24,26,29,31-32,35-72H2,1-3H3/b10-7-,12-9-,19-16-,21-18-,28-25-,30-27-,34-33-. The lowest BCUT2D eigenvalue weighted by atomic mass is 10.0. The highest BCUT2D eigenvalue weighted by Crippen LogP contribution is 2.18. The normalized spacial score (nSPS) is 12.6. The molecule has 0 saturated heterocycles. The number of carbonyl (C=O) groups excluding carboxylic acids is 3. The van der Waals surface area contributed by atoms with Gasteiger partial charge in [-0.25, -0.2) is 0 Å². The highest BCUT2D eigenvalue weighted by Gasteiger charge is 2.19. The number of unbranched alkanes of at least 4 members (excludes halogenated alkanes) is 40. The average Bonchev–Trinajstić information content (AvgIpc) is 3.47. The zero-order valence-electron chi connectivity index (χ0n) is 54.5. The summed E-state index contributed by atoms with van der Waals surface area (Å²) in [6.07, 6.45) is 93.2. The van der Waals surface area contributed by atoms with Gasteiger partial charge in [0.2, 0.25) is 0 Å². The lowest BCUT2D eigenvalue weighted by Gasteiger charge is -2.18. The quantitative estimate of drug-likeness (QED) is 0.0261. The summed E-state index contributed by atoms with van der Waals surface area (Å²) in [6.45, 7) is 6.47. The highest BCUT2D eigenvalue weighted by atomic mass is 16.6. The second kappa shape index (κ2) is 70.1. The lowest BCUT2D eigenvalue weighted by molar-refractivity contribution is -0.167. The van der Waals surface area contributed by atoms with Gasteiger partial charge in [0.05, 0.1) is 0 Å². The molecule has 1 atom stereocenters. The molecule has 0 radical (unpaired) electrons. The summed E-state index contributed by atoms with van der Waals surface area (Å²) in [4.78, 5) is 38.5. The molecule has 0 aliphatic rings.